The molecule has 5 heteroatoms. The Morgan fingerprint density at radius 2 is 1.79 bits per heavy atom. The Balaban J connectivity index is 2.92. The van der Waals surface area contributed by atoms with E-state index in [2.05, 4.69) is 0 Å². The van der Waals surface area contributed by atoms with Crippen LogP contribution in [0.5, 0.6) is 0 Å². The summed E-state index contributed by atoms with van der Waals surface area (Å²) in [5.41, 5.74) is 0.585. The first-order valence-electron chi connectivity index (χ1n) is 6.06. The molecule has 1 atom stereocenters. The number of benzene rings is 1. The monoisotopic (exact) mass is 281 g/mol. The molecule has 0 aromatic heterocycles. The smallest absolute Gasteiger partial charge is 0.219 e. The molecule has 0 saturated carbocycles. The van der Waals surface area contributed by atoms with Crippen molar-refractivity contribution in [2.75, 3.05) is 13.2 Å². The molecule has 0 saturated heterocycles. The standard InChI is InChI=1S/C14H16ClNO3/c1-3-18-14(19-4-2)13(17)12(9-16)10-5-7-11(15)8-6-10/h5-8,12,14H,3-4H2,1-2H3. The fourth-order valence-corrected chi connectivity index (χ4v) is 1.73. The van der Waals surface area contributed by atoms with E-state index in [4.69, 9.17) is 21.1 Å². The quantitative estimate of drug-likeness (QED) is 0.721. The second kappa shape index (κ2) is 7.90. The number of carbonyl (C=O) groups excluding carboxylic acids is 1. The molecule has 0 aliphatic heterocycles. The Hall–Kier alpha value is -1.41. The SMILES string of the molecule is CCOC(OCC)C(=O)C(C#N)c1ccc(Cl)cc1. The molecule has 0 aliphatic carbocycles. The maximum Gasteiger partial charge on any atom is 0.219 e. The van der Waals surface area contributed by atoms with Gasteiger partial charge in [-0.2, -0.15) is 5.26 Å². The minimum Gasteiger partial charge on any atom is -0.346 e. The number of hydrogen-bond donors (Lipinski definition) is 0. The first kappa shape index (κ1) is 15.6. The number of nitrogens with zero attached hydrogens (tertiary/aromatic N) is 1. The van der Waals surface area contributed by atoms with Gasteiger partial charge >= 0.3 is 0 Å². The van der Waals surface area contributed by atoms with Crippen LogP contribution in [0.4, 0.5) is 0 Å². The van der Waals surface area contributed by atoms with Gasteiger partial charge in [0.05, 0.1) is 6.07 Å². The highest BCUT2D eigenvalue weighted by Crippen LogP contribution is 2.21. The Kier molecular flexibility index (Phi) is 6.51. The number of rotatable bonds is 7. The van der Waals surface area contributed by atoms with E-state index < -0.39 is 18.0 Å². The van der Waals surface area contributed by atoms with Crippen molar-refractivity contribution >= 4 is 17.4 Å². The number of carbonyl (C=O) groups is 1. The fraction of sp³-hybridized carbons (Fsp3) is 0.429. The van der Waals surface area contributed by atoms with E-state index in [1.807, 2.05) is 6.07 Å². The number of ether oxygens (including phenoxy) is 2. The van der Waals surface area contributed by atoms with Crippen LogP contribution in [0.1, 0.15) is 25.3 Å². The molecule has 0 heterocycles. The van der Waals surface area contributed by atoms with Crippen molar-refractivity contribution in [3.63, 3.8) is 0 Å². The molecule has 0 amide bonds. The van der Waals surface area contributed by atoms with Crippen LogP contribution in [0, 0.1) is 11.3 Å². The summed E-state index contributed by atoms with van der Waals surface area (Å²) in [6.07, 6.45) is -1.00. The third-order valence-electron chi connectivity index (χ3n) is 2.49. The van der Waals surface area contributed by atoms with Crippen LogP contribution >= 0.6 is 11.6 Å². The molecule has 0 aliphatic rings. The van der Waals surface area contributed by atoms with E-state index in [-0.39, 0.29) is 0 Å². The van der Waals surface area contributed by atoms with Crippen LogP contribution in [0.15, 0.2) is 24.3 Å². The molecular weight excluding hydrogens is 266 g/mol. The van der Waals surface area contributed by atoms with Gasteiger partial charge in [-0.3, -0.25) is 4.79 Å². The lowest BCUT2D eigenvalue weighted by atomic mass is 9.96. The van der Waals surface area contributed by atoms with Crippen molar-refractivity contribution in [1.82, 2.24) is 0 Å². The number of Topliss-reactive ketones (excluding diaryl/α,β-unsaturated/α-hetero) is 1. The molecule has 4 nitrogen and oxygen atoms in total. The van der Waals surface area contributed by atoms with Crippen molar-refractivity contribution in [3.8, 4) is 6.07 Å². The van der Waals surface area contributed by atoms with Gasteiger partial charge in [0.15, 0.2) is 0 Å². The molecule has 0 radical (unpaired) electrons. The summed E-state index contributed by atoms with van der Waals surface area (Å²) in [6.45, 7) is 4.22. The maximum absolute atomic E-state index is 12.2. The van der Waals surface area contributed by atoms with Crippen LogP contribution in [0.25, 0.3) is 0 Å². The van der Waals surface area contributed by atoms with Crippen LogP contribution in [-0.4, -0.2) is 25.3 Å². The predicted octanol–water partition coefficient (Wildman–Crippen LogP) is 2.92. The van der Waals surface area contributed by atoms with Gasteiger partial charge in [0.2, 0.25) is 12.1 Å². The van der Waals surface area contributed by atoms with Crippen molar-refractivity contribution in [1.29, 1.82) is 5.26 Å². The van der Waals surface area contributed by atoms with Gasteiger partial charge in [-0.05, 0) is 31.5 Å². The number of halogens is 1. The molecule has 0 spiro atoms. The van der Waals surface area contributed by atoms with Crippen LogP contribution in [0.3, 0.4) is 0 Å². The first-order valence-corrected chi connectivity index (χ1v) is 6.43. The second-order valence-electron chi connectivity index (χ2n) is 3.76. The van der Waals surface area contributed by atoms with E-state index >= 15 is 0 Å². The Bertz CT molecular complexity index is 447. The fourth-order valence-electron chi connectivity index (χ4n) is 1.61. The van der Waals surface area contributed by atoms with E-state index in [1.54, 1.807) is 38.1 Å². The van der Waals surface area contributed by atoms with Gasteiger partial charge in [-0.15, -0.1) is 0 Å². The topological polar surface area (TPSA) is 59.3 Å². The van der Waals surface area contributed by atoms with E-state index in [9.17, 15) is 10.1 Å². The van der Waals surface area contributed by atoms with Crippen molar-refractivity contribution in [2.45, 2.75) is 26.1 Å². The van der Waals surface area contributed by atoms with Gasteiger partial charge in [0.1, 0.15) is 5.92 Å². The van der Waals surface area contributed by atoms with Gasteiger partial charge in [-0.25, -0.2) is 0 Å². The highest BCUT2D eigenvalue weighted by Gasteiger charge is 2.29. The summed E-state index contributed by atoms with van der Waals surface area (Å²) in [6, 6.07) is 8.58. The Morgan fingerprint density at radius 3 is 2.21 bits per heavy atom. The number of nitriles is 1. The first-order chi connectivity index (χ1) is 9.13. The van der Waals surface area contributed by atoms with Crippen molar-refractivity contribution in [3.05, 3.63) is 34.9 Å². The lowest BCUT2D eigenvalue weighted by Gasteiger charge is -2.18. The molecule has 102 valence electrons. The normalized spacial score (nSPS) is 12.2. The van der Waals surface area contributed by atoms with Gasteiger partial charge in [0.25, 0.3) is 0 Å². The Labute approximate surface area is 117 Å². The summed E-state index contributed by atoms with van der Waals surface area (Å²) in [5, 5.41) is 9.74. The van der Waals surface area contributed by atoms with Crippen LogP contribution < -0.4 is 0 Å². The van der Waals surface area contributed by atoms with E-state index in [0.717, 1.165) is 0 Å². The van der Waals surface area contributed by atoms with Crippen LogP contribution in [0.2, 0.25) is 5.02 Å². The second-order valence-corrected chi connectivity index (χ2v) is 4.20. The largest absolute Gasteiger partial charge is 0.346 e. The molecule has 19 heavy (non-hydrogen) atoms. The average molecular weight is 282 g/mol. The summed E-state index contributed by atoms with van der Waals surface area (Å²) >= 11 is 5.78. The zero-order valence-corrected chi connectivity index (χ0v) is 11.7. The predicted molar refractivity (Wildman–Crippen MR) is 71.9 cm³/mol. The molecule has 0 N–H and O–H groups in total. The summed E-state index contributed by atoms with van der Waals surface area (Å²) < 4.78 is 10.4. The minimum absolute atomic E-state index is 0.342. The Morgan fingerprint density at radius 1 is 1.26 bits per heavy atom. The zero-order chi connectivity index (χ0) is 14.3. The van der Waals surface area contributed by atoms with Crippen molar-refractivity contribution in [2.24, 2.45) is 0 Å². The molecule has 1 rings (SSSR count). The summed E-state index contributed by atoms with van der Waals surface area (Å²) in [4.78, 5) is 12.2. The number of hydrogen-bond acceptors (Lipinski definition) is 4. The average Bonchev–Trinajstić information content (AvgIpc) is 2.41. The molecule has 1 aromatic rings. The lowest BCUT2D eigenvalue weighted by Crippen LogP contribution is -2.31. The third-order valence-corrected chi connectivity index (χ3v) is 2.74. The van der Waals surface area contributed by atoms with Gasteiger partial charge in [-0.1, -0.05) is 23.7 Å². The van der Waals surface area contributed by atoms with E-state index in [1.165, 1.54) is 0 Å². The van der Waals surface area contributed by atoms with Gasteiger partial charge < -0.3 is 9.47 Å². The molecule has 1 unspecified atom stereocenters. The highest BCUT2D eigenvalue weighted by atomic mass is 35.5. The van der Waals surface area contributed by atoms with Crippen LogP contribution in [-0.2, 0) is 14.3 Å². The van der Waals surface area contributed by atoms with E-state index in [0.29, 0.717) is 23.8 Å². The number of ketones is 1. The van der Waals surface area contributed by atoms with Crippen molar-refractivity contribution < 1.29 is 14.3 Å². The molecule has 1 aromatic carbocycles. The maximum atomic E-state index is 12.2. The summed E-state index contributed by atoms with van der Waals surface area (Å²) in [7, 11) is 0. The minimum atomic E-state index is -1.00. The third kappa shape index (κ3) is 4.32. The summed E-state index contributed by atoms with van der Waals surface area (Å²) in [5.74, 6) is -1.31. The lowest BCUT2D eigenvalue weighted by molar-refractivity contribution is -0.168. The zero-order valence-electron chi connectivity index (χ0n) is 10.9. The highest BCUT2D eigenvalue weighted by molar-refractivity contribution is 6.30. The molecular formula is C14H16ClNO3. The molecule has 0 fully saturated rings. The van der Waals surface area contributed by atoms with Gasteiger partial charge in [0, 0.05) is 18.2 Å². The molecule has 0 bridgehead atoms.